The molecule has 0 bridgehead atoms. The summed E-state index contributed by atoms with van der Waals surface area (Å²) >= 11 is 5.85. The highest BCUT2D eigenvalue weighted by Crippen LogP contribution is 2.29. The minimum atomic E-state index is -1.04. The molecule has 1 amide bonds. The lowest BCUT2D eigenvalue weighted by Crippen LogP contribution is -2.36. The Kier molecular flexibility index (Phi) is 8.61. The fourth-order valence-corrected chi connectivity index (χ4v) is 2.88. The minimum Gasteiger partial charge on any atom is -0.493 e. The maximum atomic E-state index is 12.1. The van der Waals surface area contributed by atoms with E-state index in [-0.39, 0.29) is 12.0 Å². The van der Waals surface area contributed by atoms with Gasteiger partial charge in [0, 0.05) is 11.6 Å². The van der Waals surface area contributed by atoms with Gasteiger partial charge in [-0.05, 0) is 68.5 Å². The van der Waals surface area contributed by atoms with Crippen LogP contribution in [-0.4, -0.2) is 36.9 Å². The van der Waals surface area contributed by atoms with Crippen molar-refractivity contribution < 1.29 is 19.4 Å². The van der Waals surface area contributed by atoms with E-state index in [1.165, 1.54) is 0 Å². The zero-order chi connectivity index (χ0) is 20.5. The van der Waals surface area contributed by atoms with Crippen molar-refractivity contribution >= 4 is 17.5 Å². The molecule has 2 rings (SSSR count). The highest BCUT2D eigenvalue weighted by atomic mass is 35.5. The Morgan fingerprint density at radius 2 is 1.75 bits per heavy atom. The number of aryl methyl sites for hydroxylation is 1. The van der Waals surface area contributed by atoms with Crippen molar-refractivity contribution in [1.29, 1.82) is 0 Å². The lowest BCUT2D eigenvalue weighted by Gasteiger charge is -2.15. The van der Waals surface area contributed by atoms with E-state index < -0.39 is 6.10 Å². The molecule has 0 aliphatic heterocycles. The number of amides is 1. The van der Waals surface area contributed by atoms with Crippen LogP contribution in [0.4, 0.5) is 0 Å². The molecule has 1 atom stereocenters. The molecule has 0 radical (unpaired) electrons. The lowest BCUT2D eigenvalue weighted by molar-refractivity contribution is -0.129. The molecule has 0 saturated carbocycles. The van der Waals surface area contributed by atoms with Gasteiger partial charge in [-0.2, -0.15) is 0 Å². The van der Waals surface area contributed by atoms with Crippen molar-refractivity contribution in [3.05, 3.63) is 58.6 Å². The number of hydrogen-bond donors (Lipinski definition) is 2. The van der Waals surface area contributed by atoms with Crippen LogP contribution >= 0.6 is 11.6 Å². The molecule has 2 aromatic rings. The van der Waals surface area contributed by atoms with Gasteiger partial charge in [-0.15, -0.1) is 0 Å². The second kappa shape index (κ2) is 10.9. The SMILES string of the molecule is COc1cc(CCNC(=O)C(O)CCc2ccc(Cl)cc2)ccc1OC(C)C. The molecule has 5 nitrogen and oxygen atoms in total. The summed E-state index contributed by atoms with van der Waals surface area (Å²) < 4.78 is 11.1. The number of rotatable bonds is 10. The van der Waals surface area contributed by atoms with Crippen molar-refractivity contribution in [1.82, 2.24) is 5.32 Å². The fraction of sp³-hybridized carbons (Fsp3) is 0.409. The molecule has 0 spiro atoms. The fourth-order valence-electron chi connectivity index (χ4n) is 2.75. The number of halogens is 1. The number of methoxy groups -OCH3 is 1. The molecule has 2 aromatic carbocycles. The monoisotopic (exact) mass is 405 g/mol. The molecule has 0 aliphatic rings. The molecule has 0 aliphatic carbocycles. The smallest absolute Gasteiger partial charge is 0.248 e. The maximum absolute atomic E-state index is 12.1. The Balaban J connectivity index is 1.78. The first-order chi connectivity index (χ1) is 13.4. The topological polar surface area (TPSA) is 67.8 Å². The van der Waals surface area contributed by atoms with Crippen LogP contribution in [0.15, 0.2) is 42.5 Å². The summed E-state index contributed by atoms with van der Waals surface area (Å²) in [7, 11) is 1.60. The number of aliphatic hydroxyl groups excluding tert-OH is 1. The molecular weight excluding hydrogens is 378 g/mol. The molecule has 28 heavy (non-hydrogen) atoms. The largest absolute Gasteiger partial charge is 0.493 e. The van der Waals surface area contributed by atoms with Crippen LogP contribution < -0.4 is 14.8 Å². The van der Waals surface area contributed by atoms with Crippen LogP contribution in [0.2, 0.25) is 5.02 Å². The number of carbonyl (C=O) groups excluding carboxylic acids is 1. The van der Waals surface area contributed by atoms with Gasteiger partial charge in [0.2, 0.25) is 5.91 Å². The van der Waals surface area contributed by atoms with Crippen LogP contribution in [0, 0.1) is 0 Å². The Bertz CT molecular complexity index is 762. The molecular formula is C22H28ClNO4. The average Bonchev–Trinajstić information content (AvgIpc) is 2.67. The first kappa shape index (κ1) is 22.1. The van der Waals surface area contributed by atoms with Crippen molar-refractivity contribution in [2.45, 2.75) is 45.3 Å². The predicted molar refractivity (Wildman–Crippen MR) is 111 cm³/mol. The second-order valence-electron chi connectivity index (χ2n) is 6.87. The third-order valence-electron chi connectivity index (χ3n) is 4.23. The Labute approximate surface area is 171 Å². The molecule has 1 unspecified atom stereocenters. The van der Waals surface area contributed by atoms with Crippen molar-refractivity contribution in [3.8, 4) is 11.5 Å². The van der Waals surface area contributed by atoms with Crippen LogP contribution in [0.5, 0.6) is 11.5 Å². The molecule has 0 heterocycles. The zero-order valence-electron chi connectivity index (χ0n) is 16.6. The second-order valence-corrected chi connectivity index (χ2v) is 7.31. The highest BCUT2D eigenvalue weighted by molar-refractivity contribution is 6.30. The van der Waals surface area contributed by atoms with E-state index in [0.717, 1.165) is 11.1 Å². The van der Waals surface area contributed by atoms with Gasteiger partial charge in [0.1, 0.15) is 6.10 Å². The van der Waals surface area contributed by atoms with Gasteiger partial charge in [-0.3, -0.25) is 4.79 Å². The van der Waals surface area contributed by atoms with Gasteiger partial charge in [-0.25, -0.2) is 0 Å². The normalized spacial score (nSPS) is 11.9. The number of aliphatic hydroxyl groups is 1. The first-order valence-electron chi connectivity index (χ1n) is 9.43. The number of nitrogens with one attached hydrogen (secondary N) is 1. The van der Waals surface area contributed by atoms with Crippen LogP contribution in [0.1, 0.15) is 31.4 Å². The Hall–Kier alpha value is -2.24. The summed E-state index contributed by atoms with van der Waals surface area (Å²) in [6.45, 7) is 4.35. The van der Waals surface area contributed by atoms with Crippen LogP contribution in [-0.2, 0) is 17.6 Å². The van der Waals surface area contributed by atoms with Gasteiger partial charge in [-0.1, -0.05) is 29.8 Å². The molecule has 0 fully saturated rings. The third-order valence-corrected chi connectivity index (χ3v) is 4.48. The highest BCUT2D eigenvalue weighted by Gasteiger charge is 2.14. The molecule has 152 valence electrons. The summed E-state index contributed by atoms with van der Waals surface area (Å²) in [5, 5.41) is 13.5. The van der Waals surface area contributed by atoms with Gasteiger partial charge in [0.05, 0.1) is 13.2 Å². The van der Waals surface area contributed by atoms with Crippen LogP contribution in [0.25, 0.3) is 0 Å². The summed E-state index contributed by atoms with van der Waals surface area (Å²) in [5.74, 6) is 1.00. The maximum Gasteiger partial charge on any atom is 0.248 e. The zero-order valence-corrected chi connectivity index (χ0v) is 17.3. The van der Waals surface area contributed by atoms with E-state index in [2.05, 4.69) is 5.32 Å². The van der Waals surface area contributed by atoms with Gasteiger partial charge >= 0.3 is 0 Å². The van der Waals surface area contributed by atoms with Crippen molar-refractivity contribution in [3.63, 3.8) is 0 Å². The summed E-state index contributed by atoms with van der Waals surface area (Å²) in [6.07, 6.45) is 0.636. The lowest BCUT2D eigenvalue weighted by atomic mass is 10.1. The summed E-state index contributed by atoms with van der Waals surface area (Å²) in [6, 6.07) is 13.1. The average molecular weight is 406 g/mol. The minimum absolute atomic E-state index is 0.0633. The quantitative estimate of drug-likeness (QED) is 0.631. The van der Waals surface area contributed by atoms with Crippen molar-refractivity contribution in [2.75, 3.05) is 13.7 Å². The predicted octanol–water partition coefficient (Wildman–Crippen LogP) is 3.79. The Morgan fingerprint density at radius 3 is 2.39 bits per heavy atom. The number of ether oxygens (including phenoxy) is 2. The summed E-state index contributed by atoms with van der Waals surface area (Å²) in [5.41, 5.74) is 2.05. The first-order valence-corrected chi connectivity index (χ1v) is 9.80. The van der Waals surface area contributed by atoms with Crippen molar-refractivity contribution in [2.24, 2.45) is 0 Å². The molecule has 0 aromatic heterocycles. The van der Waals surface area contributed by atoms with Gasteiger partial charge in [0.15, 0.2) is 11.5 Å². The van der Waals surface area contributed by atoms with E-state index in [4.69, 9.17) is 21.1 Å². The third kappa shape index (κ3) is 7.06. The number of carbonyl (C=O) groups is 1. The Morgan fingerprint density at radius 1 is 1.07 bits per heavy atom. The van der Waals surface area contributed by atoms with Gasteiger partial charge in [0.25, 0.3) is 0 Å². The van der Waals surface area contributed by atoms with Crippen LogP contribution in [0.3, 0.4) is 0 Å². The standard InChI is InChI=1S/C22H28ClNO4/c1-15(2)28-20-11-7-17(14-21(20)27-3)12-13-24-22(26)19(25)10-6-16-4-8-18(23)9-5-16/h4-5,7-9,11,14-15,19,25H,6,10,12-13H2,1-3H3,(H,24,26). The van der Waals surface area contributed by atoms with E-state index >= 15 is 0 Å². The van der Waals surface area contributed by atoms with E-state index in [1.54, 1.807) is 19.2 Å². The molecule has 6 heteroatoms. The van der Waals surface area contributed by atoms with E-state index in [9.17, 15) is 9.90 Å². The summed E-state index contributed by atoms with van der Waals surface area (Å²) in [4.78, 5) is 12.1. The molecule has 2 N–H and O–H groups in total. The number of benzene rings is 2. The van der Waals surface area contributed by atoms with E-state index in [0.29, 0.717) is 42.3 Å². The van der Waals surface area contributed by atoms with Gasteiger partial charge < -0.3 is 19.9 Å². The molecule has 0 saturated heterocycles. The van der Waals surface area contributed by atoms with E-state index in [1.807, 2.05) is 44.2 Å². The number of hydrogen-bond acceptors (Lipinski definition) is 4.